The molecule has 0 amide bonds. The molecule has 0 heterocycles. The van der Waals surface area contributed by atoms with Crippen molar-refractivity contribution >= 4 is 46.5 Å². The number of rotatable bonds is 8. The van der Waals surface area contributed by atoms with E-state index in [1.807, 2.05) is 0 Å². The van der Waals surface area contributed by atoms with Crippen LogP contribution in [0.2, 0.25) is 15.1 Å². The highest BCUT2D eigenvalue weighted by atomic mass is 35.5. The molecule has 0 bridgehead atoms. The molecule has 0 aliphatic rings. The SMILES string of the molecule is CC[NH2+]CC.O=C(O)c1cc(NCCOc2cc(Cl)c(Cl)cc2Cl)ccc1[O-]. The lowest BCUT2D eigenvalue weighted by atomic mass is 10.2. The Labute approximate surface area is 179 Å². The van der Waals surface area contributed by atoms with Gasteiger partial charge in [-0.1, -0.05) is 46.6 Å². The molecule has 0 aromatic heterocycles. The number of halogens is 3. The predicted octanol–water partition coefficient (Wildman–Crippen LogP) is 3.50. The fourth-order valence-electron chi connectivity index (χ4n) is 2.07. The molecule has 2 rings (SSSR count). The fraction of sp³-hybridized carbons (Fsp3) is 0.316. The Kier molecular flexibility index (Phi) is 10.9. The molecule has 0 spiro atoms. The number of carbonyl (C=O) groups is 1. The molecular weight excluding hydrogens is 427 g/mol. The first-order valence-electron chi connectivity index (χ1n) is 8.67. The van der Waals surface area contributed by atoms with Gasteiger partial charge in [-0.05, 0) is 32.0 Å². The van der Waals surface area contributed by atoms with Crippen LogP contribution in [0.5, 0.6) is 11.5 Å². The number of hydrogen-bond acceptors (Lipinski definition) is 4. The van der Waals surface area contributed by atoms with Crippen molar-refractivity contribution in [2.45, 2.75) is 13.8 Å². The van der Waals surface area contributed by atoms with Gasteiger partial charge in [-0.25, -0.2) is 4.79 Å². The molecule has 0 unspecified atom stereocenters. The maximum Gasteiger partial charge on any atom is 0.335 e. The maximum absolute atomic E-state index is 11.4. The van der Waals surface area contributed by atoms with E-state index in [0.717, 1.165) is 0 Å². The van der Waals surface area contributed by atoms with Crippen molar-refractivity contribution in [2.75, 3.05) is 31.6 Å². The molecule has 0 fully saturated rings. The van der Waals surface area contributed by atoms with Crippen LogP contribution in [0.25, 0.3) is 0 Å². The first-order valence-corrected chi connectivity index (χ1v) is 9.80. The summed E-state index contributed by atoms with van der Waals surface area (Å²) in [7, 11) is 0. The second-order valence-electron chi connectivity index (χ2n) is 5.59. The van der Waals surface area contributed by atoms with E-state index in [-0.39, 0.29) is 12.2 Å². The Hall–Kier alpha value is -1.86. The van der Waals surface area contributed by atoms with Gasteiger partial charge in [0.1, 0.15) is 12.4 Å². The largest absolute Gasteiger partial charge is 0.872 e. The Morgan fingerprint density at radius 2 is 1.75 bits per heavy atom. The summed E-state index contributed by atoms with van der Waals surface area (Å²) in [5.74, 6) is -1.41. The summed E-state index contributed by atoms with van der Waals surface area (Å²) in [6.45, 7) is 7.37. The zero-order valence-electron chi connectivity index (χ0n) is 15.6. The number of hydrogen-bond donors (Lipinski definition) is 3. The van der Waals surface area contributed by atoms with Gasteiger partial charge in [0, 0.05) is 18.3 Å². The lowest BCUT2D eigenvalue weighted by molar-refractivity contribution is -0.648. The lowest BCUT2D eigenvalue weighted by Gasteiger charge is -2.14. The van der Waals surface area contributed by atoms with Gasteiger partial charge in [0.15, 0.2) is 0 Å². The van der Waals surface area contributed by atoms with Gasteiger partial charge in [0.2, 0.25) is 0 Å². The van der Waals surface area contributed by atoms with Gasteiger partial charge in [-0.3, -0.25) is 0 Å². The number of nitrogens with two attached hydrogens (primary N) is 1. The predicted molar refractivity (Wildman–Crippen MR) is 111 cm³/mol. The van der Waals surface area contributed by atoms with Gasteiger partial charge >= 0.3 is 5.97 Å². The monoisotopic (exact) mass is 448 g/mol. The summed E-state index contributed by atoms with van der Waals surface area (Å²) in [5.41, 5.74) is 0.217. The molecule has 0 aliphatic heterocycles. The Bertz CT molecular complexity index is 786. The third-order valence-electron chi connectivity index (χ3n) is 3.45. The maximum atomic E-state index is 11.4. The van der Waals surface area contributed by atoms with Crippen molar-refractivity contribution in [1.82, 2.24) is 0 Å². The van der Waals surface area contributed by atoms with Gasteiger partial charge in [0.05, 0.1) is 33.7 Å². The van der Waals surface area contributed by atoms with E-state index in [9.17, 15) is 9.90 Å². The van der Waals surface area contributed by atoms with Crippen LogP contribution in [-0.2, 0) is 0 Å². The first-order chi connectivity index (χ1) is 13.3. The van der Waals surface area contributed by atoms with Crippen molar-refractivity contribution in [3.63, 3.8) is 0 Å². The molecule has 2 aromatic carbocycles. The average molecular weight is 450 g/mol. The molecule has 0 saturated carbocycles. The number of aromatic carboxylic acids is 1. The second-order valence-corrected chi connectivity index (χ2v) is 6.81. The Morgan fingerprint density at radius 1 is 1.11 bits per heavy atom. The topological polar surface area (TPSA) is 98.2 Å². The van der Waals surface area contributed by atoms with E-state index >= 15 is 0 Å². The smallest absolute Gasteiger partial charge is 0.335 e. The Morgan fingerprint density at radius 3 is 2.32 bits per heavy atom. The number of anilines is 1. The van der Waals surface area contributed by atoms with Crippen LogP contribution in [0.1, 0.15) is 24.2 Å². The van der Waals surface area contributed by atoms with Crippen molar-refractivity contribution in [3.05, 3.63) is 51.0 Å². The zero-order chi connectivity index (χ0) is 21.1. The summed E-state index contributed by atoms with van der Waals surface area (Å²) in [6, 6.07) is 6.97. The number of carboxylic acid groups (broad SMARTS) is 1. The summed E-state index contributed by atoms with van der Waals surface area (Å²) in [6.07, 6.45) is 0. The van der Waals surface area contributed by atoms with Crippen molar-refractivity contribution in [1.29, 1.82) is 0 Å². The number of ether oxygens (including phenoxy) is 1. The molecule has 6 nitrogen and oxygen atoms in total. The summed E-state index contributed by atoms with van der Waals surface area (Å²) < 4.78 is 5.48. The highest BCUT2D eigenvalue weighted by Crippen LogP contribution is 2.33. The van der Waals surface area contributed by atoms with Crippen molar-refractivity contribution in [2.24, 2.45) is 0 Å². The van der Waals surface area contributed by atoms with Crippen LogP contribution < -0.4 is 20.5 Å². The third kappa shape index (κ3) is 8.02. The van der Waals surface area contributed by atoms with Crippen LogP contribution in [0, 0.1) is 0 Å². The van der Waals surface area contributed by atoms with Gasteiger partial charge in [-0.2, -0.15) is 0 Å². The molecule has 0 saturated heterocycles. The summed E-state index contributed by atoms with van der Waals surface area (Å²) in [4.78, 5) is 10.9. The number of benzene rings is 2. The quantitative estimate of drug-likeness (QED) is 0.423. The summed E-state index contributed by atoms with van der Waals surface area (Å²) in [5, 5.41) is 26.5. The molecule has 0 atom stereocenters. The molecule has 4 N–H and O–H groups in total. The highest BCUT2D eigenvalue weighted by molar-refractivity contribution is 6.43. The molecular formula is C19H23Cl3N2O4. The van der Waals surface area contributed by atoms with E-state index in [1.165, 1.54) is 43.4 Å². The first kappa shape index (κ1) is 24.2. The highest BCUT2D eigenvalue weighted by Gasteiger charge is 2.08. The van der Waals surface area contributed by atoms with E-state index in [2.05, 4.69) is 24.5 Å². The van der Waals surface area contributed by atoms with Crippen LogP contribution in [-0.4, -0.2) is 37.3 Å². The minimum atomic E-state index is -1.27. The van der Waals surface area contributed by atoms with Crippen LogP contribution in [0.4, 0.5) is 5.69 Å². The summed E-state index contributed by atoms with van der Waals surface area (Å²) >= 11 is 17.7. The molecule has 28 heavy (non-hydrogen) atoms. The molecule has 0 aliphatic carbocycles. The second kappa shape index (κ2) is 12.6. The number of carboxylic acids is 1. The van der Waals surface area contributed by atoms with E-state index < -0.39 is 11.7 Å². The third-order valence-corrected chi connectivity index (χ3v) is 4.47. The van der Waals surface area contributed by atoms with Crippen LogP contribution in [0.15, 0.2) is 30.3 Å². The van der Waals surface area contributed by atoms with Gasteiger partial charge in [-0.15, -0.1) is 0 Å². The number of nitrogens with one attached hydrogen (secondary N) is 1. The lowest BCUT2D eigenvalue weighted by Crippen LogP contribution is -2.82. The minimum Gasteiger partial charge on any atom is -0.872 e. The van der Waals surface area contributed by atoms with Crippen molar-refractivity contribution in [3.8, 4) is 11.5 Å². The number of quaternary nitrogens is 1. The fourth-order valence-corrected chi connectivity index (χ4v) is 2.66. The normalized spacial score (nSPS) is 10.0. The van der Waals surface area contributed by atoms with E-state index in [1.54, 1.807) is 0 Å². The molecule has 9 heteroatoms. The standard InChI is InChI=1S/C15H12Cl3NO4.C4H11N/c16-10-6-12(18)14(7-11(10)17)23-4-3-19-8-1-2-13(20)9(5-8)15(21)22;1-3-5-4-2/h1-2,5-7,19-20H,3-4H2,(H,21,22);5H,3-4H2,1-2H3. The van der Waals surface area contributed by atoms with E-state index in [0.29, 0.717) is 33.0 Å². The van der Waals surface area contributed by atoms with Gasteiger partial charge in [0.25, 0.3) is 0 Å². The van der Waals surface area contributed by atoms with Crippen molar-refractivity contribution < 1.29 is 25.1 Å². The van der Waals surface area contributed by atoms with Crippen LogP contribution >= 0.6 is 34.8 Å². The zero-order valence-corrected chi connectivity index (χ0v) is 17.9. The Balaban J connectivity index is 0.000000696. The minimum absolute atomic E-state index is 0.249. The van der Waals surface area contributed by atoms with Crippen LogP contribution in [0.3, 0.4) is 0 Å². The molecule has 2 aromatic rings. The molecule has 154 valence electrons. The average Bonchev–Trinajstić information content (AvgIpc) is 2.65. The van der Waals surface area contributed by atoms with Gasteiger partial charge < -0.3 is 25.6 Å². The molecule has 0 radical (unpaired) electrons. The van der Waals surface area contributed by atoms with E-state index in [4.69, 9.17) is 44.6 Å².